The second kappa shape index (κ2) is 12.6. The number of carbonyl (C=O) groups is 2. The molecule has 244 valence electrons. The largest absolute Gasteiger partial charge is 0.444 e. The van der Waals surface area contributed by atoms with E-state index >= 15 is 0 Å². The predicted octanol–water partition coefficient (Wildman–Crippen LogP) is 8.41. The van der Waals surface area contributed by atoms with Gasteiger partial charge in [-0.25, -0.2) is 19.6 Å². The van der Waals surface area contributed by atoms with Crippen LogP contribution < -0.4 is 0 Å². The van der Waals surface area contributed by atoms with Crippen molar-refractivity contribution in [3.8, 4) is 10.6 Å². The molecule has 2 aliphatic heterocycles. The number of H-pyrrole nitrogens is 2. The molecule has 4 aromatic rings. The lowest BCUT2D eigenvalue weighted by Gasteiger charge is -2.27. The molecule has 46 heavy (non-hydrogen) atoms. The fourth-order valence-corrected chi connectivity index (χ4v) is 7.00. The van der Waals surface area contributed by atoms with E-state index in [0.29, 0.717) is 13.1 Å². The highest BCUT2D eigenvalue weighted by atomic mass is 32.1. The highest BCUT2D eigenvalue weighted by molar-refractivity contribution is 7.15. The monoisotopic (exact) mass is 644 g/mol. The summed E-state index contributed by atoms with van der Waals surface area (Å²) in [6.07, 6.45) is 10.0. The third kappa shape index (κ3) is 7.30. The van der Waals surface area contributed by atoms with Crippen LogP contribution in [0.15, 0.2) is 42.6 Å². The molecule has 6 rings (SSSR count). The number of benzene rings is 1. The van der Waals surface area contributed by atoms with E-state index in [9.17, 15) is 9.59 Å². The van der Waals surface area contributed by atoms with Crippen molar-refractivity contribution in [1.29, 1.82) is 0 Å². The Hall–Kier alpha value is -4.12. The Kier molecular flexibility index (Phi) is 8.71. The molecule has 2 amide bonds. The molecule has 0 radical (unpaired) electrons. The maximum atomic E-state index is 12.8. The number of rotatable bonds is 6. The SMILES string of the molecule is CC(C)(C)OC(=O)N1CCC[C@H]1c1nc(-c2ccc(CC=Cc3ccc4[nH]c([C@@H]5CCCN5C(=O)OC(C)(C)C)nc4c3)s2)c[nH]1. The molecule has 3 aromatic heterocycles. The number of hydrogen-bond donors (Lipinski definition) is 2. The van der Waals surface area contributed by atoms with Gasteiger partial charge in [0.2, 0.25) is 0 Å². The van der Waals surface area contributed by atoms with Crippen molar-refractivity contribution in [2.24, 2.45) is 0 Å². The summed E-state index contributed by atoms with van der Waals surface area (Å²) in [4.78, 5) is 47.9. The minimum Gasteiger partial charge on any atom is -0.444 e. The van der Waals surface area contributed by atoms with Crippen LogP contribution in [0, 0.1) is 0 Å². The molecule has 2 atom stereocenters. The lowest BCUT2D eigenvalue weighted by atomic mass is 10.1. The molecule has 0 aliphatic carbocycles. The summed E-state index contributed by atoms with van der Waals surface area (Å²) in [6, 6.07) is 10.2. The van der Waals surface area contributed by atoms with Gasteiger partial charge < -0.3 is 19.4 Å². The van der Waals surface area contributed by atoms with Crippen LogP contribution in [0.1, 0.15) is 101 Å². The number of fused-ring (bicyclic) bond motifs is 1. The van der Waals surface area contributed by atoms with Crippen LogP contribution in [-0.4, -0.2) is 66.2 Å². The molecule has 5 heterocycles. The Morgan fingerprint density at radius 3 is 2.22 bits per heavy atom. The number of thiophene rings is 1. The number of hydrogen-bond acceptors (Lipinski definition) is 7. The second-order valence-corrected chi connectivity index (χ2v) is 15.3. The van der Waals surface area contributed by atoms with Crippen LogP contribution in [0.25, 0.3) is 27.7 Å². The normalized spacial score (nSPS) is 19.1. The Labute approximate surface area is 274 Å². The maximum Gasteiger partial charge on any atom is 0.410 e. The standard InChI is InChI=1S/C35H44N6O4S/c1-34(2,3)44-32(42)40-18-8-12-27(40)30-36-21-26(39-30)29-17-15-23(46-29)11-7-10-22-14-16-24-25(20-22)38-31(37-24)28-13-9-19-41(28)33(43)45-35(4,5)6/h7,10,14-17,20-21,27-28H,8-9,11-13,18-19H2,1-6H3,(H,36,39)(H,37,38)/t27-,28-/m0/s1. The maximum absolute atomic E-state index is 12.8. The van der Waals surface area contributed by atoms with Gasteiger partial charge in [0.25, 0.3) is 0 Å². The van der Waals surface area contributed by atoms with Gasteiger partial charge in [-0.2, -0.15) is 0 Å². The fourth-order valence-electron chi connectivity index (χ4n) is 6.05. The van der Waals surface area contributed by atoms with E-state index in [1.165, 1.54) is 4.88 Å². The van der Waals surface area contributed by atoms with Gasteiger partial charge in [-0.1, -0.05) is 18.2 Å². The summed E-state index contributed by atoms with van der Waals surface area (Å²) in [5.74, 6) is 1.60. The predicted molar refractivity (Wildman–Crippen MR) is 181 cm³/mol. The number of nitrogens with zero attached hydrogens (tertiary/aromatic N) is 4. The molecule has 2 aliphatic rings. The van der Waals surface area contributed by atoms with Crippen LogP contribution in [0.5, 0.6) is 0 Å². The summed E-state index contributed by atoms with van der Waals surface area (Å²) >= 11 is 1.72. The smallest absolute Gasteiger partial charge is 0.410 e. The van der Waals surface area contributed by atoms with Crippen molar-refractivity contribution in [3.63, 3.8) is 0 Å². The van der Waals surface area contributed by atoms with Crippen molar-refractivity contribution < 1.29 is 19.1 Å². The minimum atomic E-state index is -0.533. The van der Waals surface area contributed by atoms with Crippen LogP contribution >= 0.6 is 11.3 Å². The van der Waals surface area contributed by atoms with E-state index in [4.69, 9.17) is 19.4 Å². The molecule has 0 bridgehead atoms. The molecule has 0 unspecified atom stereocenters. The van der Waals surface area contributed by atoms with Crippen molar-refractivity contribution in [1.82, 2.24) is 29.7 Å². The lowest BCUT2D eigenvalue weighted by Crippen LogP contribution is -2.36. The zero-order chi connectivity index (χ0) is 32.6. The van der Waals surface area contributed by atoms with Gasteiger partial charge in [-0.3, -0.25) is 9.80 Å². The zero-order valence-corrected chi connectivity index (χ0v) is 28.4. The van der Waals surface area contributed by atoms with Gasteiger partial charge in [0, 0.05) is 30.6 Å². The summed E-state index contributed by atoms with van der Waals surface area (Å²) in [6.45, 7) is 12.7. The number of aromatic nitrogens is 4. The number of amides is 2. The Morgan fingerprint density at radius 2 is 1.57 bits per heavy atom. The second-order valence-electron chi connectivity index (χ2n) is 14.1. The van der Waals surface area contributed by atoms with Gasteiger partial charge in [-0.15, -0.1) is 11.3 Å². The molecular formula is C35H44N6O4S. The number of aromatic amines is 2. The Balaban J connectivity index is 1.08. The van der Waals surface area contributed by atoms with E-state index < -0.39 is 11.2 Å². The molecule has 2 fully saturated rings. The van der Waals surface area contributed by atoms with Gasteiger partial charge in [0.05, 0.1) is 33.7 Å². The number of carbonyl (C=O) groups excluding carboxylic acids is 2. The number of allylic oxidation sites excluding steroid dienone is 1. The van der Waals surface area contributed by atoms with Crippen LogP contribution in [0.4, 0.5) is 9.59 Å². The van der Waals surface area contributed by atoms with Crippen molar-refractivity contribution in [2.75, 3.05) is 13.1 Å². The van der Waals surface area contributed by atoms with Gasteiger partial charge >= 0.3 is 12.2 Å². The zero-order valence-electron chi connectivity index (χ0n) is 27.6. The van der Waals surface area contributed by atoms with E-state index in [1.54, 1.807) is 21.1 Å². The molecule has 0 saturated carbocycles. The molecule has 2 saturated heterocycles. The molecule has 0 spiro atoms. The van der Waals surface area contributed by atoms with Crippen molar-refractivity contribution in [3.05, 3.63) is 64.7 Å². The van der Waals surface area contributed by atoms with Crippen LogP contribution in [0.3, 0.4) is 0 Å². The first kappa shape index (κ1) is 31.8. The third-order valence-corrected chi connectivity index (χ3v) is 9.19. The molecule has 2 N–H and O–H groups in total. The fraction of sp³-hybridized carbons (Fsp3) is 0.486. The molecule has 10 nitrogen and oxygen atoms in total. The van der Waals surface area contributed by atoms with Gasteiger partial charge in [0.15, 0.2) is 0 Å². The topological polar surface area (TPSA) is 116 Å². The van der Waals surface area contributed by atoms with Gasteiger partial charge in [0.1, 0.15) is 22.9 Å². The average molecular weight is 645 g/mol. The number of ether oxygens (including phenoxy) is 2. The Morgan fingerprint density at radius 1 is 0.913 bits per heavy atom. The molecular weight excluding hydrogens is 600 g/mol. The third-order valence-electron chi connectivity index (χ3n) is 8.06. The van der Waals surface area contributed by atoms with Crippen molar-refractivity contribution >= 4 is 40.6 Å². The first-order chi connectivity index (χ1) is 21.8. The quantitative estimate of drug-likeness (QED) is 0.218. The minimum absolute atomic E-state index is 0.101. The summed E-state index contributed by atoms with van der Waals surface area (Å²) in [7, 11) is 0. The first-order valence-electron chi connectivity index (χ1n) is 16.1. The first-order valence-corrected chi connectivity index (χ1v) is 16.9. The summed E-state index contributed by atoms with van der Waals surface area (Å²) in [5.41, 5.74) is 2.73. The number of nitrogens with one attached hydrogen (secondary N) is 2. The highest BCUT2D eigenvalue weighted by Crippen LogP contribution is 2.35. The molecule has 1 aromatic carbocycles. The lowest BCUT2D eigenvalue weighted by molar-refractivity contribution is 0.0208. The number of imidazole rings is 2. The van der Waals surface area contributed by atoms with E-state index in [0.717, 1.165) is 70.9 Å². The Bertz CT molecular complexity index is 1740. The van der Waals surface area contributed by atoms with Crippen LogP contribution in [-0.2, 0) is 15.9 Å². The van der Waals surface area contributed by atoms with Gasteiger partial charge in [-0.05, 0) is 97.1 Å². The van der Waals surface area contributed by atoms with E-state index in [-0.39, 0.29) is 24.3 Å². The summed E-state index contributed by atoms with van der Waals surface area (Å²) in [5, 5.41) is 0. The van der Waals surface area contributed by atoms with Crippen LogP contribution in [0.2, 0.25) is 0 Å². The summed E-state index contributed by atoms with van der Waals surface area (Å²) < 4.78 is 11.3. The average Bonchev–Trinajstić information content (AvgIpc) is 3.80. The highest BCUT2D eigenvalue weighted by Gasteiger charge is 2.36. The van der Waals surface area contributed by atoms with E-state index in [2.05, 4.69) is 46.4 Å². The van der Waals surface area contributed by atoms with Crippen molar-refractivity contribution in [2.45, 2.75) is 96.9 Å². The number of likely N-dealkylation sites (tertiary alicyclic amines) is 2. The molecule has 11 heteroatoms. The van der Waals surface area contributed by atoms with E-state index in [1.807, 2.05) is 53.8 Å².